The molecule has 0 bridgehead atoms. The molecule has 0 aliphatic heterocycles. The third-order valence-corrected chi connectivity index (χ3v) is 5.75. The minimum absolute atomic E-state index is 0.0215. The van der Waals surface area contributed by atoms with Crippen molar-refractivity contribution in [2.45, 2.75) is 65.2 Å². The van der Waals surface area contributed by atoms with Gasteiger partial charge in [0.15, 0.2) is 0 Å². The number of ether oxygens (including phenoxy) is 1. The standard InChI is InChI=1S/C16H31NO3S/c1-8-15(3,4)12(2)14(19)17-13(10-20-11-18)9-16(5,6)21-7/h11-13H,8-10H2,1-7H3,(H,17,19). The van der Waals surface area contributed by atoms with Gasteiger partial charge in [-0.15, -0.1) is 0 Å². The van der Waals surface area contributed by atoms with Crippen LogP contribution >= 0.6 is 11.8 Å². The third-order valence-electron chi connectivity index (χ3n) is 4.48. The van der Waals surface area contributed by atoms with E-state index in [2.05, 4.69) is 39.9 Å². The van der Waals surface area contributed by atoms with E-state index in [4.69, 9.17) is 4.74 Å². The highest BCUT2D eigenvalue weighted by Crippen LogP contribution is 2.31. The molecular formula is C16H31NO3S. The SMILES string of the molecule is CCC(C)(C)C(C)C(=O)NC(COC=O)CC(C)(C)SC. The number of amides is 1. The first-order valence-electron chi connectivity index (χ1n) is 7.50. The highest BCUT2D eigenvalue weighted by atomic mass is 32.2. The van der Waals surface area contributed by atoms with Gasteiger partial charge in [0.25, 0.3) is 6.47 Å². The molecule has 0 heterocycles. The molecule has 0 saturated heterocycles. The van der Waals surface area contributed by atoms with E-state index in [9.17, 15) is 9.59 Å². The van der Waals surface area contributed by atoms with Crippen LogP contribution in [-0.4, -0.2) is 36.0 Å². The van der Waals surface area contributed by atoms with Crippen molar-refractivity contribution in [3.8, 4) is 0 Å². The Balaban J connectivity index is 4.80. The van der Waals surface area contributed by atoms with E-state index in [1.54, 1.807) is 11.8 Å². The van der Waals surface area contributed by atoms with Crippen LogP contribution in [0.1, 0.15) is 54.4 Å². The summed E-state index contributed by atoms with van der Waals surface area (Å²) in [6, 6.07) is -0.153. The van der Waals surface area contributed by atoms with Crippen LogP contribution in [0.3, 0.4) is 0 Å². The zero-order chi connectivity index (χ0) is 16.7. The molecule has 0 aromatic heterocycles. The summed E-state index contributed by atoms with van der Waals surface area (Å²) >= 11 is 1.74. The van der Waals surface area contributed by atoms with Crippen LogP contribution < -0.4 is 5.32 Å². The minimum Gasteiger partial charge on any atom is -0.466 e. The van der Waals surface area contributed by atoms with Gasteiger partial charge >= 0.3 is 0 Å². The van der Waals surface area contributed by atoms with Gasteiger partial charge < -0.3 is 10.1 Å². The quantitative estimate of drug-likeness (QED) is 0.628. The molecule has 0 spiro atoms. The molecule has 1 N–H and O–H groups in total. The number of carbonyl (C=O) groups excluding carboxylic acids is 2. The van der Waals surface area contributed by atoms with Crippen molar-refractivity contribution in [3.05, 3.63) is 0 Å². The Morgan fingerprint density at radius 2 is 1.90 bits per heavy atom. The van der Waals surface area contributed by atoms with Gasteiger partial charge in [-0.05, 0) is 18.1 Å². The summed E-state index contributed by atoms with van der Waals surface area (Å²) in [5, 5.41) is 3.05. The largest absolute Gasteiger partial charge is 0.466 e. The van der Waals surface area contributed by atoms with Gasteiger partial charge in [-0.2, -0.15) is 11.8 Å². The van der Waals surface area contributed by atoms with E-state index in [1.165, 1.54) is 0 Å². The molecule has 0 rings (SSSR count). The molecule has 21 heavy (non-hydrogen) atoms. The summed E-state index contributed by atoms with van der Waals surface area (Å²) in [5.41, 5.74) is -0.0465. The highest BCUT2D eigenvalue weighted by molar-refractivity contribution is 7.99. The third kappa shape index (κ3) is 7.21. The Kier molecular flexibility index (Phi) is 8.37. The summed E-state index contributed by atoms with van der Waals surface area (Å²) in [4.78, 5) is 22.9. The molecule has 0 fully saturated rings. The molecule has 124 valence electrons. The Labute approximate surface area is 133 Å². The molecule has 0 aromatic rings. The van der Waals surface area contributed by atoms with E-state index < -0.39 is 0 Å². The van der Waals surface area contributed by atoms with Crippen molar-refractivity contribution in [2.24, 2.45) is 11.3 Å². The normalized spacial score (nSPS) is 15.2. The number of rotatable bonds is 10. The average Bonchev–Trinajstić information content (AvgIpc) is 2.43. The monoisotopic (exact) mass is 317 g/mol. The lowest BCUT2D eigenvalue weighted by Gasteiger charge is -2.33. The molecule has 0 saturated carbocycles. The van der Waals surface area contributed by atoms with Crippen LogP contribution in [0, 0.1) is 11.3 Å². The predicted octanol–water partition coefficient (Wildman–Crippen LogP) is 3.25. The van der Waals surface area contributed by atoms with Gasteiger partial charge in [-0.25, -0.2) is 0 Å². The van der Waals surface area contributed by atoms with Crippen molar-refractivity contribution in [1.29, 1.82) is 0 Å². The lowest BCUT2D eigenvalue weighted by atomic mass is 9.77. The maximum absolute atomic E-state index is 12.4. The van der Waals surface area contributed by atoms with Gasteiger partial charge in [0, 0.05) is 10.7 Å². The number of hydrogen-bond donors (Lipinski definition) is 1. The van der Waals surface area contributed by atoms with Crippen LogP contribution in [0.25, 0.3) is 0 Å². The molecule has 0 aromatic carbocycles. The van der Waals surface area contributed by atoms with Crippen molar-refractivity contribution >= 4 is 24.1 Å². The lowest BCUT2D eigenvalue weighted by molar-refractivity contribution is -0.133. The first kappa shape index (κ1) is 20.3. The summed E-state index contributed by atoms with van der Waals surface area (Å²) in [6.45, 7) is 13.1. The van der Waals surface area contributed by atoms with Crippen LogP contribution in [0.4, 0.5) is 0 Å². The average molecular weight is 317 g/mol. The Hall–Kier alpha value is -0.710. The van der Waals surface area contributed by atoms with Crippen LogP contribution in [-0.2, 0) is 14.3 Å². The van der Waals surface area contributed by atoms with Gasteiger partial charge in [0.1, 0.15) is 6.61 Å². The molecule has 0 aliphatic rings. The maximum atomic E-state index is 12.4. The zero-order valence-corrected chi connectivity index (χ0v) is 15.3. The minimum atomic E-state index is -0.153. The van der Waals surface area contributed by atoms with E-state index in [-0.39, 0.29) is 34.6 Å². The van der Waals surface area contributed by atoms with Crippen molar-refractivity contribution in [3.63, 3.8) is 0 Å². The van der Waals surface area contributed by atoms with E-state index >= 15 is 0 Å². The van der Waals surface area contributed by atoms with Gasteiger partial charge in [0.2, 0.25) is 5.91 Å². The molecule has 2 atom stereocenters. The van der Waals surface area contributed by atoms with Crippen LogP contribution in [0.15, 0.2) is 0 Å². The maximum Gasteiger partial charge on any atom is 0.293 e. The lowest BCUT2D eigenvalue weighted by Crippen LogP contribution is -2.46. The number of thioether (sulfide) groups is 1. The molecule has 5 heteroatoms. The fourth-order valence-electron chi connectivity index (χ4n) is 1.97. The van der Waals surface area contributed by atoms with Gasteiger partial charge in [-0.1, -0.05) is 48.0 Å². The topological polar surface area (TPSA) is 55.4 Å². The van der Waals surface area contributed by atoms with Crippen LogP contribution in [0.2, 0.25) is 0 Å². The van der Waals surface area contributed by atoms with E-state index in [0.29, 0.717) is 6.47 Å². The molecule has 0 radical (unpaired) electrons. The first-order valence-corrected chi connectivity index (χ1v) is 8.73. The fraction of sp³-hybridized carbons (Fsp3) is 0.875. The van der Waals surface area contributed by atoms with Gasteiger partial charge in [-0.3, -0.25) is 9.59 Å². The highest BCUT2D eigenvalue weighted by Gasteiger charge is 2.32. The molecule has 4 nitrogen and oxygen atoms in total. The first-order chi connectivity index (χ1) is 9.59. The number of hydrogen-bond acceptors (Lipinski definition) is 4. The molecule has 1 amide bonds. The summed E-state index contributed by atoms with van der Waals surface area (Å²) < 4.78 is 4.90. The van der Waals surface area contributed by atoms with Crippen molar-refractivity contribution in [1.82, 2.24) is 5.32 Å². The summed E-state index contributed by atoms with van der Waals surface area (Å²) in [7, 11) is 0. The molecular weight excluding hydrogens is 286 g/mol. The second-order valence-electron chi connectivity index (χ2n) is 6.87. The zero-order valence-electron chi connectivity index (χ0n) is 14.5. The van der Waals surface area contributed by atoms with E-state index in [0.717, 1.165) is 12.8 Å². The second-order valence-corrected chi connectivity index (χ2v) is 8.38. The predicted molar refractivity (Wildman–Crippen MR) is 89.4 cm³/mol. The Morgan fingerprint density at radius 1 is 1.33 bits per heavy atom. The Bertz CT molecular complexity index is 342. The summed E-state index contributed by atoms with van der Waals surface area (Å²) in [5.74, 6) is -0.0584. The molecule has 2 unspecified atom stereocenters. The Morgan fingerprint density at radius 3 is 2.33 bits per heavy atom. The number of nitrogens with one attached hydrogen (secondary N) is 1. The van der Waals surface area contributed by atoms with E-state index in [1.807, 2.05) is 13.2 Å². The van der Waals surface area contributed by atoms with Crippen molar-refractivity contribution in [2.75, 3.05) is 12.9 Å². The smallest absolute Gasteiger partial charge is 0.293 e. The van der Waals surface area contributed by atoms with Crippen molar-refractivity contribution < 1.29 is 14.3 Å². The summed E-state index contributed by atoms with van der Waals surface area (Å²) in [6.07, 6.45) is 3.74. The van der Waals surface area contributed by atoms with Gasteiger partial charge in [0.05, 0.1) is 6.04 Å². The second kappa shape index (κ2) is 8.66. The molecule has 0 aliphatic carbocycles. The number of carbonyl (C=O) groups is 2. The van der Waals surface area contributed by atoms with Crippen LogP contribution in [0.5, 0.6) is 0 Å². The fourth-order valence-corrected chi connectivity index (χ4v) is 2.34.